The highest BCUT2D eigenvalue weighted by molar-refractivity contribution is 7.99. The number of amides is 1. The molecule has 1 saturated heterocycles. The van der Waals surface area contributed by atoms with E-state index in [4.69, 9.17) is 9.47 Å². The maximum absolute atomic E-state index is 12.7. The third-order valence-electron chi connectivity index (χ3n) is 5.96. The lowest BCUT2D eigenvalue weighted by Crippen LogP contribution is -2.36. The largest absolute Gasteiger partial charge is 0.462 e. The number of esters is 1. The lowest BCUT2D eigenvalue weighted by molar-refractivity contribution is -0.118. The van der Waals surface area contributed by atoms with Gasteiger partial charge in [0.25, 0.3) is 0 Å². The Morgan fingerprint density at radius 3 is 2.63 bits per heavy atom. The smallest absolute Gasteiger partial charge is 0.338 e. The van der Waals surface area contributed by atoms with Crippen LogP contribution in [-0.4, -0.2) is 65.0 Å². The number of aryl methyl sites for hydroxylation is 1. The monoisotopic (exact) mass is 496 g/mol. The zero-order chi connectivity index (χ0) is 24.6. The predicted molar refractivity (Wildman–Crippen MR) is 136 cm³/mol. The van der Waals surface area contributed by atoms with Gasteiger partial charge >= 0.3 is 5.97 Å². The summed E-state index contributed by atoms with van der Waals surface area (Å²) in [7, 11) is 0. The van der Waals surface area contributed by atoms with Crippen LogP contribution in [0.25, 0.3) is 11.0 Å². The number of rotatable bonds is 10. The maximum atomic E-state index is 12.7. The Labute approximate surface area is 210 Å². The van der Waals surface area contributed by atoms with Gasteiger partial charge in [-0.05, 0) is 43.2 Å². The number of thioether (sulfide) groups is 1. The minimum absolute atomic E-state index is 0.0434. The highest BCUT2D eigenvalue weighted by Gasteiger charge is 2.16. The molecule has 4 rings (SSSR count). The fourth-order valence-corrected chi connectivity index (χ4v) is 5.03. The molecule has 1 aliphatic heterocycles. The molecule has 8 nitrogen and oxygen atoms in total. The van der Waals surface area contributed by atoms with Crippen LogP contribution in [-0.2, 0) is 33.9 Å². The van der Waals surface area contributed by atoms with Gasteiger partial charge in [0.05, 0.1) is 42.2 Å². The van der Waals surface area contributed by atoms with Gasteiger partial charge in [0.1, 0.15) is 0 Å². The SMILES string of the molecule is CCOC(=O)c1ccc2c(c1)nc(SCC(=O)NCc1ccccc1CN1CCOCC1)n2CC. The Morgan fingerprint density at radius 2 is 1.89 bits per heavy atom. The number of hydrogen-bond donors (Lipinski definition) is 1. The van der Waals surface area contributed by atoms with E-state index in [2.05, 4.69) is 31.9 Å². The molecule has 0 bridgehead atoms. The summed E-state index contributed by atoms with van der Waals surface area (Å²) >= 11 is 1.40. The van der Waals surface area contributed by atoms with Crippen molar-refractivity contribution in [1.29, 1.82) is 0 Å². The fourth-order valence-electron chi connectivity index (χ4n) is 4.12. The Bertz CT molecular complexity index is 1170. The summed E-state index contributed by atoms with van der Waals surface area (Å²) in [6.07, 6.45) is 0. The molecule has 0 unspecified atom stereocenters. The first-order chi connectivity index (χ1) is 17.1. The topological polar surface area (TPSA) is 85.7 Å². The van der Waals surface area contributed by atoms with E-state index in [9.17, 15) is 9.59 Å². The number of nitrogens with zero attached hydrogens (tertiary/aromatic N) is 3. The number of hydrogen-bond acceptors (Lipinski definition) is 7. The lowest BCUT2D eigenvalue weighted by atomic mass is 10.1. The molecule has 35 heavy (non-hydrogen) atoms. The van der Waals surface area contributed by atoms with E-state index in [1.54, 1.807) is 19.1 Å². The van der Waals surface area contributed by atoms with Crippen LogP contribution in [0, 0.1) is 0 Å². The number of imidazole rings is 1. The van der Waals surface area contributed by atoms with Crippen LogP contribution in [0.5, 0.6) is 0 Å². The van der Waals surface area contributed by atoms with Crippen molar-refractivity contribution < 1.29 is 19.1 Å². The second kappa shape index (κ2) is 12.2. The van der Waals surface area contributed by atoms with Gasteiger partial charge in [-0.25, -0.2) is 9.78 Å². The third-order valence-corrected chi connectivity index (χ3v) is 6.94. The summed E-state index contributed by atoms with van der Waals surface area (Å²) in [5.41, 5.74) is 4.49. The molecule has 3 aromatic rings. The lowest BCUT2D eigenvalue weighted by Gasteiger charge is -2.27. The van der Waals surface area contributed by atoms with Crippen LogP contribution >= 0.6 is 11.8 Å². The number of carbonyl (C=O) groups excluding carboxylic acids is 2. The van der Waals surface area contributed by atoms with Crippen molar-refractivity contribution in [3.63, 3.8) is 0 Å². The van der Waals surface area contributed by atoms with E-state index in [0.29, 0.717) is 25.3 Å². The summed E-state index contributed by atoms with van der Waals surface area (Å²) in [6.45, 7) is 9.61. The minimum Gasteiger partial charge on any atom is -0.462 e. The van der Waals surface area contributed by atoms with Gasteiger partial charge < -0.3 is 19.4 Å². The van der Waals surface area contributed by atoms with Gasteiger partial charge in [-0.15, -0.1) is 0 Å². The van der Waals surface area contributed by atoms with E-state index >= 15 is 0 Å². The highest BCUT2D eigenvalue weighted by Crippen LogP contribution is 2.25. The maximum Gasteiger partial charge on any atom is 0.338 e. The van der Waals surface area contributed by atoms with Crippen LogP contribution < -0.4 is 5.32 Å². The van der Waals surface area contributed by atoms with Crippen LogP contribution in [0.15, 0.2) is 47.6 Å². The fraction of sp³-hybridized carbons (Fsp3) is 0.423. The Balaban J connectivity index is 1.36. The van der Waals surface area contributed by atoms with Crippen molar-refractivity contribution in [2.45, 2.75) is 38.6 Å². The zero-order valence-electron chi connectivity index (χ0n) is 20.3. The number of nitrogens with one attached hydrogen (secondary N) is 1. The molecule has 0 radical (unpaired) electrons. The van der Waals surface area contributed by atoms with Crippen molar-refractivity contribution in [3.8, 4) is 0 Å². The Morgan fingerprint density at radius 1 is 1.11 bits per heavy atom. The average Bonchev–Trinajstić information content (AvgIpc) is 3.24. The van der Waals surface area contributed by atoms with Gasteiger partial charge in [-0.2, -0.15) is 0 Å². The van der Waals surface area contributed by atoms with Crippen LogP contribution in [0.3, 0.4) is 0 Å². The minimum atomic E-state index is -0.358. The molecular weight excluding hydrogens is 464 g/mol. The van der Waals surface area contributed by atoms with Gasteiger partial charge in [0, 0.05) is 32.7 Å². The van der Waals surface area contributed by atoms with Gasteiger partial charge in [-0.3, -0.25) is 9.69 Å². The summed E-state index contributed by atoms with van der Waals surface area (Å²) in [5.74, 6) is -0.138. The number of aromatic nitrogens is 2. The number of ether oxygens (including phenoxy) is 2. The Kier molecular flexibility index (Phi) is 8.79. The molecule has 2 heterocycles. The molecule has 0 atom stereocenters. The van der Waals surface area contributed by atoms with Crippen LogP contribution in [0.2, 0.25) is 0 Å². The van der Waals surface area contributed by atoms with E-state index in [1.807, 2.05) is 25.1 Å². The van der Waals surface area contributed by atoms with Crippen molar-refractivity contribution >= 4 is 34.7 Å². The van der Waals surface area contributed by atoms with E-state index < -0.39 is 0 Å². The molecule has 0 saturated carbocycles. The Hall–Kier alpha value is -2.88. The molecule has 0 spiro atoms. The van der Waals surface area contributed by atoms with Crippen molar-refractivity contribution in [3.05, 3.63) is 59.2 Å². The summed E-state index contributed by atoms with van der Waals surface area (Å²) in [4.78, 5) is 31.8. The summed E-state index contributed by atoms with van der Waals surface area (Å²) < 4.78 is 12.6. The van der Waals surface area contributed by atoms with E-state index in [-0.39, 0.29) is 17.6 Å². The van der Waals surface area contributed by atoms with Gasteiger partial charge in [-0.1, -0.05) is 36.0 Å². The first-order valence-electron chi connectivity index (χ1n) is 12.0. The summed E-state index contributed by atoms with van der Waals surface area (Å²) in [5, 5.41) is 3.81. The quantitative estimate of drug-likeness (QED) is 0.340. The van der Waals surface area contributed by atoms with Gasteiger partial charge in [0.15, 0.2) is 5.16 Å². The molecule has 1 N–H and O–H groups in total. The second-order valence-electron chi connectivity index (χ2n) is 8.29. The molecule has 0 aliphatic carbocycles. The van der Waals surface area contributed by atoms with Crippen LogP contribution in [0.4, 0.5) is 0 Å². The molecule has 1 amide bonds. The standard InChI is InChI=1S/C26H32N4O4S/c1-3-30-23-10-9-19(25(32)34-4-2)15-22(23)28-26(30)35-18-24(31)27-16-20-7-5-6-8-21(20)17-29-11-13-33-14-12-29/h5-10,15H,3-4,11-14,16-18H2,1-2H3,(H,27,31). The number of morpholine rings is 1. The molecule has 186 valence electrons. The second-order valence-corrected chi connectivity index (χ2v) is 9.23. The highest BCUT2D eigenvalue weighted by atomic mass is 32.2. The van der Waals surface area contributed by atoms with Crippen molar-refractivity contribution in [2.24, 2.45) is 0 Å². The molecule has 1 aromatic heterocycles. The number of fused-ring (bicyclic) bond motifs is 1. The number of benzene rings is 2. The summed E-state index contributed by atoms with van der Waals surface area (Å²) in [6, 6.07) is 13.6. The van der Waals surface area contributed by atoms with Crippen molar-refractivity contribution in [1.82, 2.24) is 19.8 Å². The van der Waals surface area contributed by atoms with E-state index in [1.165, 1.54) is 17.3 Å². The predicted octanol–water partition coefficient (Wildman–Crippen LogP) is 3.47. The molecule has 1 aliphatic rings. The molecule has 1 fully saturated rings. The number of carbonyl (C=O) groups is 2. The first-order valence-corrected chi connectivity index (χ1v) is 13.0. The van der Waals surface area contributed by atoms with Gasteiger partial charge in [0.2, 0.25) is 5.91 Å². The molecule has 2 aromatic carbocycles. The normalized spacial score (nSPS) is 14.2. The molecular formula is C26H32N4O4S. The third kappa shape index (κ3) is 6.42. The molecule has 9 heteroatoms. The van der Waals surface area contributed by atoms with Crippen LogP contribution in [0.1, 0.15) is 35.3 Å². The first kappa shape index (κ1) is 25.2. The van der Waals surface area contributed by atoms with Crippen molar-refractivity contribution in [2.75, 3.05) is 38.7 Å². The zero-order valence-corrected chi connectivity index (χ0v) is 21.1. The average molecular weight is 497 g/mol. The van der Waals surface area contributed by atoms with E-state index in [0.717, 1.165) is 54.6 Å².